The standard InChI is InChI=1S/C11H10F3NO3S/c1-6-9(7-4-2-3-5-8(7)18-6)10(11(12,13)14)19(15,16)17/h2-5,10H,1H3,(H2,15,16,17). The molecule has 0 spiro atoms. The number of rotatable bonds is 2. The van der Waals surface area contributed by atoms with Crippen molar-refractivity contribution >= 4 is 21.0 Å². The molecule has 1 heterocycles. The zero-order valence-corrected chi connectivity index (χ0v) is 10.5. The lowest BCUT2D eigenvalue weighted by atomic mass is 10.1. The molecule has 0 bridgehead atoms. The molecule has 4 nitrogen and oxygen atoms in total. The molecule has 2 rings (SSSR count). The van der Waals surface area contributed by atoms with Crippen molar-refractivity contribution < 1.29 is 26.0 Å². The van der Waals surface area contributed by atoms with E-state index in [9.17, 15) is 21.6 Å². The second-order valence-electron chi connectivity index (χ2n) is 4.08. The number of primary sulfonamides is 1. The van der Waals surface area contributed by atoms with Crippen LogP contribution in [-0.2, 0) is 10.0 Å². The zero-order chi connectivity index (χ0) is 14.4. The average Bonchev–Trinajstić information content (AvgIpc) is 2.52. The van der Waals surface area contributed by atoms with Gasteiger partial charge in [-0.2, -0.15) is 13.2 Å². The van der Waals surface area contributed by atoms with E-state index in [0.717, 1.165) is 0 Å². The molecule has 0 saturated carbocycles. The highest BCUT2D eigenvalue weighted by Gasteiger charge is 2.50. The number of alkyl halides is 3. The van der Waals surface area contributed by atoms with E-state index in [1.54, 1.807) is 6.07 Å². The van der Waals surface area contributed by atoms with Crippen LogP contribution < -0.4 is 5.14 Å². The van der Waals surface area contributed by atoms with E-state index in [4.69, 9.17) is 9.56 Å². The topological polar surface area (TPSA) is 73.3 Å². The summed E-state index contributed by atoms with van der Waals surface area (Å²) < 4.78 is 66.7. The van der Waals surface area contributed by atoms with Crippen molar-refractivity contribution in [3.63, 3.8) is 0 Å². The summed E-state index contributed by atoms with van der Waals surface area (Å²) in [5.41, 5.74) is -0.265. The third kappa shape index (κ3) is 2.45. The van der Waals surface area contributed by atoms with Gasteiger partial charge in [-0.1, -0.05) is 18.2 Å². The molecule has 2 N–H and O–H groups in total. The molecule has 0 radical (unpaired) electrons. The molecular weight excluding hydrogens is 283 g/mol. The molecule has 0 amide bonds. The summed E-state index contributed by atoms with van der Waals surface area (Å²) in [5, 5.41) is 2.03. The first kappa shape index (κ1) is 13.9. The fourth-order valence-corrected chi connectivity index (χ4v) is 3.02. The van der Waals surface area contributed by atoms with Gasteiger partial charge in [0.1, 0.15) is 11.3 Å². The Kier molecular flexibility index (Phi) is 3.10. The Morgan fingerprint density at radius 3 is 2.37 bits per heavy atom. The fraction of sp³-hybridized carbons (Fsp3) is 0.273. The monoisotopic (exact) mass is 293 g/mol. The van der Waals surface area contributed by atoms with Crippen molar-refractivity contribution in [2.24, 2.45) is 5.14 Å². The van der Waals surface area contributed by atoms with E-state index in [1.807, 2.05) is 0 Å². The summed E-state index contributed by atoms with van der Waals surface area (Å²) in [7, 11) is -4.84. The quantitative estimate of drug-likeness (QED) is 0.925. The Hall–Kier alpha value is -1.54. The number of nitrogens with two attached hydrogens (primary N) is 1. The number of benzene rings is 1. The van der Waals surface area contributed by atoms with Gasteiger partial charge in [0.25, 0.3) is 0 Å². The van der Waals surface area contributed by atoms with Crippen molar-refractivity contribution in [1.82, 2.24) is 0 Å². The Labute approximate surface area is 107 Å². The number of sulfonamides is 1. The first-order valence-electron chi connectivity index (χ1n) is 5.18. The van der Waals surface area contributed by atoms with Crippen LogP contribution in [0.2, 0.25) is 0 Å². The van der Waals surface area contributed by atoms with Gasteiger partial charge in [0.15, 0.2) is 5.25 Å². The third-order valence-corrected chi connectivity index (χ3v) is 3.87. The van der Waals surface area contributed by atoms with Crippen LogP contribution in [0.4, 0.5) is 13.2 Å². The molecule has 1 aromatic heterocycles. The van der Waals surface area contributed by atoms with E-state index in [-0.39, 0.29) is 16.7 Å². The molecule has 0 aliphatic carbocycles. The molecule has 0 saturated heterocycles. The molecule has 1 atom stereocenters. The Morgan fingerprint density at radius 1 is 1.26 bits per heavy atom. The number of para-hydroxylation sites is 1. The summed E-state index contributed by atoms with van der Waals surface area (Å²) in [6.07, 6.45) is -5.01. The van der Waals surface area contributed by atoms with Crippen molar-refractivity contribution in [3.8, 4) is 0 Å². The van der Waals surface area contributed by atoms with Gasteiger partial charge >= 0.3 is 6.18 Å². The van der Waals surface area contributed by atoms with E-state index in [1.165, 1.54) is 25.1 Å². The number of fused-ring (bicyclic) bond motifs is 1. The minimum absolute atomic E-state index is 0.0938. The SMILES string of the molecule is Cc1oc2ccccc2c1C(C(F)(F)F)S(N)(=O)=O. The molecule has 0 aliphatic heterocycles. The zero-order valence-electron chi connectivity index (χ0n) is 9.73. The normalized spacial score (nSPS) is 14.8. The van der Waals surface area contributed by atoms with Crippen LogP contribution in [0.1, 0.15) is 16.6 Å². The first-order valence-corrected chi connectivity index (χ1v) is 6.79. The fourth-order valence-electron chi connectivity index (χ4n) is 2.03. The van der Waals surface area contributed by atoms with Gasteiger partial charge in [0.05, 0.1) is 0 Å². The maximum Gasteiger partial charge on any atom is 0.411 e. The largest absolute Gasteiger partial charge is 0.461 e. The highest BCUT2D eigenvalue weighted by molar-refractivity contribution is 7.89. The molecule has 0 aliphatic rings. The molecule has 1 unspecified atom stereocenters. The van der Waals surface area contributed by atoms with E-state index >= 15 is 0 Å². The molecule has 19 heavy (non-hydrogen) atoms. The smallest absolute Gasteiger partial charge is 0.411 e. The number of halogens is 3. The average molecular weight is 293 g/mol. The Bertz CT molecular complexity index is 718. The number of hydrogen-bond donors (Lipinski definition) is 1. The van der Waals surface area contributed by atoms with E-state index in [0.29, 0.717) is 0 Å². The molecule has 1 aromatic carbocycles. The minimum Gasteiger partial charge on any atom is -0.461 e. The summed E-state index contributed by atoms with van der Waals surface area (Å²) in [4.78, 5) is 0. The minimum atomic E-state index is -5.01. The predicted octanol–water partition coefficient (Wildman–Crippen LogP) is 2.63. The van der Waals surface area contributed by atoms with Crippen molar-refractivity contribution in [3.05, 3.63) is 35.6 Å². The highest BCUT2D eigenvalue weighted by Crippen LogP contribution is 2.43. The third-order valence-electron chi connectivity index (χ3n) is 2.71. The van der Waals surface area contributed by atoms with E-state index < -0.39 is 27.0 Å². The van der Waals surface area contributed by atoms with Crippen LogP contribution in [-0.4, -0.2) is 14.6 Å². The van der Waals surface area contributed by atoms with Gasteiger partial charge in [-0.3, -0.25) is 0 Å². The highest BCUT2D eigenvalue weighted by atomic mass is 32.2. The molecule has 2 aromatic rings. The van der Waals surface area contributed by atoms with Crippen LogP contribution in [0.3, 0.4) is 0 Å². The van der Waals surface area contributed by atoms with Gasteiger partial charge in [0, 0.05) is 10.9 Å². The van der Waals surface area contributed by atoms with Crippen LogP contribution >= 0.6 is 0 Å². The summed E-state index contributed by atoms with van der Waals surface area (Å²) in [6.45, 7) is 1.28. The summed E-state index contributed by atoms with van der Waals surface area (Å²) in [5.74, 6) is -0.113. The Balaban J connectivity index is 2.81. The van der Waals surface area contributed by atoms with Crippen LogP contribution in [0.25, 0.3) is 11.0 Å². The van der Waals surface area contributed by atoms with Gasteiger partial charge in [-0.05, 0) is 13.0 Å². The second kappa shape index (κ2) is 4.24. The maximum absolute atomic E-state index is 13.0. The number of aryl methyl sites for hydroxylation is 1. The number of furan rings is 1. The van der Waals surface area contributed by atoms with Gasteiger partial charge in [0.2, 0.25) is 10.0 Å². The van der Waals surface area contributed by atoms with Gasteiger partial charge in [-0.15, -0.1) is 0 Å². The maximum atomic E-state index is 13.0. The van der Waals surface area contributed by atoms with Gasteiger partial charge < -0.3 is 4.42 Å². The lowest BCUT2D eigenvalue weighted by molar-refractivity contribution is -0.131. The molecular formula is C11H10F3NO3S. The van der Waals surface area contributed by atoms with Crippen LogP contribution in [0, 0.1) is 6.92 Å². The van der Waals surface area contributed by atoms with E-state index in [2.05, 4.69) is 0 Å². The molecule has 8 heteroatoms. The summed E-state index contributed by atoms with van der Waals surface area (Å²) in [6, 6.07) is 5.90. The van der Waals surface area contributed by atoms with Crippen molar-refractivity contribution in [2.75, 3.05) is 0 Å². The van der Waals surface area contributed by atoms with Crippen molar-refractivity contribution in [2.45, 2.75) is 18.3 Å². The lowest BCUT2D eigenvalue weighted by Gasteiger charge is -2.18. The van der Waals surface area contributed by atoms with Crippen LogP contribution in [0.5, 0.6) is 0 Å². The lowest BCUT2D eigenvalue weighted by Crippen LogP contribution is -2.33. The predicted molar refractivity (Wildman–Crippen MR) is 62.9 cm³/mol. The summed E-state index contributed by atoms with van der Waals surface area (Å²) >= 11 is 0. The number of hydrogen-bond acceptors (Lipinski definition) is 3. The molecule has 0 fully saturated rings. The van der Waals surface area contributed by atoms with Gasteiger partial charge in [-0.25, -0.2) is 13.6 Å². The molecule has 104 valence electrons. The van der Waals surface area contributed by atoms with Crippen LogP contribution in [0.15, 0.2) is 28.7 Å². The van der Waals surface area contributed by atoms with Crippen molar-refractivity contribution in [1.29, 1.82) is 0 Å². The Morgan fingerprint density at radius 2 is 1.84 bits per heavy atom. The first-order chi connectivity index (χ1) is 8.62. The second-order valence-corrected chi connectivity index (χ2v) is 5.73.